The van der Waals surface area contributed by atoms with Gasteiger partial charge in [-0.3, -0.25) is 4.79 Å². The van der Waals surface area contributed by atoms with E-state index in [9.17, 15) is 15.2 Å². The molecule has 1 aromatic carbocycles. The third kappa shape index (κ3) is 4.10. The Labute approximate surface area is 147 Å². The molecule has 5 nitrogen and oxygen atoms in total. The van der Waals surface area contributed by atoms with Gasteiger partial charge < -0.3 is 15.0 Å². The van der Waals surface area contributed by atoms with E-state index >= 15 is 0 Å². The maximum atomic E-state index is 12.4. The molecule has 1 aliphatic carbocycles. The summed E-state index contributed by atoms with van der Waals surface area (Å²) in [7, 11) is 0. The van der Waals surface area contributed by atoms with Crippen LogP contribution in [0.4, 0.5) is 0 Å². The maximum Gasteiger partial charge on any atom is 0.262 e. The van der Waals surface area contributed by atoms with Gasteiger partial charge in [-0.05, 0) is 55.3 Å². The number of aromatic nitrogens is 1. The molecule has 0 bridgehead atoms. The Morgan fingerprint density at radius 2 is 1.92 bits per heavy atom. The number of nitriles is 1. The number of benzene rings is 1. The van der Waals surface area contributed by atoms with Crippen molar-refractivity contribution in [2.45, 2.75) is 38.1 Å². The van der Waals surface area contributed by atoms with Gasteiger partial charge in [0.2, 0.25) is 0 Å². The first-order valence-electron chi connectivity index (χ1n) is 8.57. The lowest BCUT2D eigenvalue weighted by Gasteiger charge is -2.22. The highest BCUT2D eigenvalue weighted by Crippen LogP contribution is 2.20. The van der Waals surface area contributed by atoms with Gasteiger partial charge >= 0.3 is 0 Å². The first-order valence-corrected chi connectivity index (χ1v) is 8.57. The van der Waals surface area contributed by atoms with Gasteiger partial charge in [0.15, 0.2) is 0 Å². The van der Waals surface area contributed by atoms with Crippen molar-refractivity contribution in [3.05, 3.63) is 53.9 Å². The number of carbonyl (C=O) groups excluding carboxylic acids is 1. The molecular formula is C20H21N3O2. The van der Waals surface area contributed by atoms with E-state index in [0.717, 1.165) is 37.1 Å². The molecule has 0 unspecified atom stereocenters. The Bertz CT molecular complexity index is 806. The summed E-state index contributed by atoms with van der Waals surface area (Å²) in [5, 5.41) is 21.8. The Morgan fingerprint density at radius 3 is 2.60 bits per heavy atom. The van der Waals surface area contributed by atoms with Crippen LogP contribution < -0.4 is 5.32 Å². The van der Waals surface area contributed by atoms with Crippen LogP contribution in [-0.4, -0.2) is 21.6 Å². The summed E-state index contributed by atoms with van der Waals surface area (Å²) in [6.45, 7) is 0. The number of nitrogens with zero attached hydrogens (tertiary/aromatic N) is 2. The van der Waals surface area contributed by atoms with Crippen molar-refractivity contribution in [1.82, 2.24) is 9.88 Å². The molecular weight excluding hydrogens is 314 g/mol. The summed E-state index contributed by atoms with van der Waals surface area (Å²) in [5.74, 6) is -0.120. The molecule has 1 aliphatic rings. The van der Waals surface area contributed by atoms with Crippen molar-refractivity contribution in [3.8, 4) is 17.5 Å². The standard InChI is InChI=1S/C20H21N3O2/c21-14-15(20(25)22-16-5-2-1-3-6-16)13-18-7-4-12-23(18)17-8-10-19(24)11-9-17/h4,7-13,16,24H,1-3,5-6H2,(H,22,25)/b15-13-. The number of hydrogen-bond donors (Lipinski definition) is 2. The first-order chi connectivity index (χ1) is 12.2. The number of hydrogen-bond acceptors (Lipinski definition) is 3. The van der Waals surface area contributed by atoms with Crippen molar-refractivity contribution in [1.29, 1.82) is 5.26 Å². The number of phenolic OH excluding ortho intramolecular Hbond substituents is 1. The van der Waals surface area contributed by atoms with Gasteiger partial charge in [-0.25, -0.2) is 0 Å². The molecule has 5 heteroatoms. The van der Waals surface area contributed by atoms with Crippen molar-refractivity contribution in [2.24, 2.45) is 0 Å². The molecule has 1 amide bonds. The molecule has 3 rings (SSSR count). The third-order valence-electron chi connectivity index (χ3n) is 4.51. The Morgan fingerprint density at radius 1 is 1.20 bits per heavy atom. The van der Waals surface area contributed by atoms with E-state index in [-0.39, 0.29) is 23.3 Å². The quantitative estimate of drug-likeness (QED) is 0.662. The van der Waals surface area contributed by atoms with E-state index in [1.165, 1.54) is 6.42 Å². The van der Waals surface area contributed by atoms with Crippen LogP contribution in [0.2, 0.25) is 0 Å². The summed E-state index contributed by atoms with van der Waals surface area (Å²) in [6, 6.07) is 12.6. The molecule has 0 saturated heterocycles. The lowest BCUT2D eigenvalue weighted by atomic mass is 9.95. The van der Waals surface area contributed by atoms with E-state index in [1.54, 1.807) is 30.3 Å². The second kappa shape index (κ2) is 7.71. The lowest BCUT2D eigenvalue weighted by molar-refractivity contribution is -0.117. The number of carbonyl (C=O) groups is 1. The Balaban J connectivity index is 1.81. The molecule has 1 heterocycles. The topological polar surface area (TPSA) is 78.1 Å². The SMILES string of the molecule is N#C/C(=C/c1cccn1-c1ccc(O)cc1)C(=O)NC1CCCCC1. The van der Waals surface area contributed by atoms with Gasteiger partial charge in [0.1, 0.15) is 17.4 Å². The van der Waals surface area contributed by atoms with Crippen molar-refractivity contribution < 1.29 is 9.90 Å². The van der Waals surface area contributed by atoms with Crippen LogP contribution in [0, 0.1) is 11.3 Å². The molecule has 1 aromatic heterocycles. The zero-order valence-corrected chi connectivity index (χ0v) is 14.0. The summed E-state index contributed by atoms with van der Waals surface area (Å²) < 4.78 is 1.87. The second-order valence-corrected chi connectivity index (χ2v) is 6.30. The van der Waals surface area contributed by atoms with E-state index in [2.05, 4.69) is 5.32 Å². The minimum absolute atomic E-state index is 0.101. The monoisotopic (exact) mass is 335 g/mol. The van der Waals surface area contributed by atoms with Crippen LogP contribution in [0.15, 0.2) is 48.2 Å². The van der Waals surface area contributed by atoms with Gasteiger partial charge in [-0.1, -0.05) is 19.3 Å². The largest absolute Gasteiger partial charge is 0.508 e. The highest BCUT2D eigenvalue weighted by Gasteiger charge is 2.18. The zero-order chi connectivity index (χ0) is 17.6. The summed E-state index contributed by atoms with van der Waals surface area (Å²) in [4.78, 5) is 12.4. The average Bonchev–Trinajstić information content (AvgIpc) is 3.09. The van der Waals surface area contributed by atoms with E-state index in [1.807, 2.05) is 29.0 Å². The van der Waals surface area contributed by atoms with Crippen LogP contribution in [0.5, 0.6) is 5.75 Å². The molecule has 1 saturated carbocycles. The van der Waals surface area contributed by atoms with Crippen LogP contribution in [0.1, 0.15) is 37.8 Å². The Hall–Kier alpha value is -3.00. The van der Waals surface area contributed by atoms with Crippen molar-refractivity contribution in [3.63, 3.8) is 0 Å². The fraction of sp³-hybridized carbons (Fsp3) is 0.300. The molecule has 2 N–H and O–H groups in total. The smallest absolute Gasteiger partial charge is 0.262 e. The molecule has 0 aliphatic heterocycles. The number of rotatable bonds is 4. The summed E-state index contributed by atoms with van der Waals surface area (Å²) in [5.41, 5.74) is 1.68. The van der Waals surface area contributed by atoms with Gasteiger partial charge in [0.25, 0.3) is 5.91 Å². The highest BCUT2D eigenvalue weighted by molar-refractivity contribution is 6.01. The van der Waals surface area contributed by atoms with Crippen molar-refractivity contribution in [2.75, 3.05) is 0 Å². The van der Waals surface area contributed by atoms with Crippen LogP contribution in [0.3, 0.4) is 0 Å². The molecule has 2 aromatic rings. The molecule has 25 heavy (non-hydrogen) atoms. The van der Waals surface area contributed by atoms with Gasteiger partial charge in [-0.15, -0.1) is 0 Å². The van der Waals surface area contributed by atoms with Crippen LogP contribution >= 0.6 is 0 Å². The van der Waals surface area contributed by atoms with Crippen LogP contribution in [0.25, 0.3) is 11.8 Å². The summed E-state index contributed by atoms with van der Waals surface area (Å²) >= 11 is 0. The maximum absolute atomic E-state index is 12.4. The molecule has 0 atom stereocenters. The van der Waals surface area contributed by atoms with Gasteiger partial charge in [-0.2, -0.15) is 5.26 Å². The lowest BCUT2D eigenvalue weighted by Crippen LogP contribution is -2.36. The minimum Gasteiger partial charge on any atom is -0.508 e. The fourth-order valence-corrected chi connectivity index (χ4v) is 3.17. The van der Waals surface area contributed by atoms with E-state index in [4.69, 9.17) is 0 Å². The molecule has 0 radical (unpaired) electrons. The number of amides is 1. The second-order valence-electron chi connectivity index (χ2n) is 6.30. The summed E-state index contributed by atoms with van der Waals surface area (Å²) in [6.07, 6.45) is 8.88. The average molecular weight is 335 g/mol. The predicted molar refractivity (Wildman–Crippen MR) is 96.0 cm³/mol. The first kappa shape index (κ1) is 16.8. The Kier molecular flexibility index (Phi) is 5.20. The molecule has 128 valence electrons. The van der Waals surface area contributed by atoms with E-state index < -0.39 is 0 Å². The normalized spacial score (nSPS) is 15.6. The number of aromatic hydroxyl groups is 1. The predicted octanol–water partition coefficient (Wildman–Crippen LogP) is 3.54. The number of nitrogens with one attached hydrogen (secondary N) is 1. The molecule has 1 fully saturated rings. The number of phenols is 1. The van der Waals surface area contributed by atoms with Gasteiger partial charge in [0.05, 0.1) is 0 Å². The van der Waals surface area contributed by atoms with Crippen LogP contribution in [-0.2, 0) is 4.79 Å². The van der Waals surface area contributed by atoms with E-state index in [0.29, 0.717) is 0 Å². The van der Waals surface area contributed by atoms with Crippen molar-refractivity contribution >= 4 is 12.0 Å². The minimum atomic E-state index is -0.312. The third-order valence-corrected chi connectivity index (χ3v) is 4.51. The fourth-order valence-electron chi connectivity index (χ4n) is 3.17. The molecule has 0 spiro atoms. The zero-order valence-electron chi connectivity index (χ0n) is 14.0. The highest BCUT2D eigenvalue weighted by atomic mass is 16.3. The van der Waals surface area contributed by atoms with Gasteiger partial charge in [0, 0.05) is 23.6 Å².